The first-order valence-corrected chi connectivity index (χ1v) is 13.3. The van der Waals surface area contributed by atoms with E-state index in [2.05, 4.69) is 24.9 Å². The molecule has 3 aromatic rings. The highest BCUT2D eigenvalue weighted by Gasteiger charge is 2.50. The van der Waals surface area contributed by atoms with Gasteiger partial charge in [-0.3, -0.25) is 28.0 Å². The van der Waals surface area contributed by atoms with Gasteiger partial charge in [-0.1, -0.05) is 0 Å². The highest BCUT2D eigenvalue weighted by Crippen LogP contribution is 2.50. The number of aromatic nitrogens is 7. The van der Waals surface area contributed by atoms with Crippen LogP contribution in [0.3, 0.4) is 0 Å². The van der Waals surface area contributed by atoms with Crippen molar-refractivity contribution in [1.29, 1.82) is 0 Å². The molecule has 0 spiro atoms. The van der Waals surface area contributed by atoms with Crippen LogP contribution in [0.5, 0.6) is 0 Å². The van der Waals surface area contributed by atoms with E-state index < -0.39 is 56.5 Å². The summed E-state index contributed by atoms with van der Waals surface area (Å²) in [7, 11) is -2.33. The van der Waals surface area contributed by atoms with Crippen molar-refractivity contribution in [2.45, 2.75) is 37.3 Å². The van der Waals surface area contributed by atoms with Crippen LogP contribution in [0, 0.1) is 0 Å². The van der Waals surface area contributed by atoms with E-state index in [4.69, 9.17) is 39.5 Å². The normalized spacial score (nSPS) is 25.9. The van der Waals surface area contributed by atoms with E-state index >= 15 is 4.39 Å². The largest absolute Gasteiger partial charge is 0.497 e. The number of phosphoric ester groups is 1. The second kappa shape index (κ2) is 11.1. The van der Waals surface area contributed by atoms with Gasteiger partial charge in [-0.05, 0) is 0 Å². The van der Waals surface area contributed by atoms with E-state index in [1.54, 1.807) is 0 Å². The number of nitrogens with one attached hydrogen (secondary N) is 1. The van der Waals surface area contributed by atoms with E-state index in [1.165, 1.54) is 25.1 Å². The number of fused-ring (bicyclic) bond motifs is 1. The van der Waals surface area contributed by atoms with Gasteiger partial charge in [0.1, 0.15) is 37.2 Å². The Morgan fingerprint density at radius 3 is 2.68 bits per heavy atom. The van der Waals surface area contributed by atoms with Crippen LogP contribution in [0.15, 0.2) is 33.8 Å². The Morgan fingerprint density at radius 1 is 1.22 bits per heavy atom. The standard InChI is InChI=1S/C20H25FN9O10P/c1-35-4-10-14(12(21)17(39-10)30-7-25-18(22)28-20(30)32)40-41(33,34)37-5-9-8(36-2)3-11(38-9)29-6-24-13-15(29)26-19(23)27-16(13)31/h6-7,10-12,14,17H,3-5H2,1-2H3,(H,33,34)(H2,22,28,32)(H3,23,26,27,31)/t10-,11-,12?,14?,17-/m1/s1. The van der Waals surface area contributed by atoms with E-state index in [0.717, 1.165) is 10.9 Å². The number of halogens is 1. The third kappa shape index (κ3) is 5.65. The molecule has 1 fully saturated rings. The maximum absolute atomic E-state index is 15.4. The van der Waals surface area contributed by atoms with Gasteiger partial charge in [-0.15, -0.1) is 0 Å². The molecule has 5 heterocycles. The molecule has 0 aromatic carbocycles. The predicted octanol–water partition coefficient (Wildman–Crippen LogP) is -0.903. The average molecular weight is 601 g/mol. The molecule has 3 aromatic heterocycles. The quantitative estimate of drug-likeness (QED) is 0.205. The fourth-order valence-electron chi connectivity index (χ4n) is 4.36. The Hall–Kier alpha value is -3.94. The maximum Gasteiger partial charge on any atom is 0.473 e. The van der Waals surface area contributed by atoms with Gasteiger partial charge in [0.05, 0.1) is 20.1 Å². The van der Waals surface area contributed by atoms with Crippen LogP contribution in [-0.4, -0.2) is 84.8 Å². The Kier molecular flexibility index (Phi) is 7.77. The smallest absolute Gasteiger partial charge is 0.473 e. The summed E-state index contributed by atoms with van der Waals surface area (Å²) in [4.78, 5) is 52.2. The number of hydrogen-bond donors (Lipinski definition) is 4. The summed E-state index contributed by atoms with van der Waals surface area (Å²) >= 11 is 0. The third-order valence-electron chi connectivity index (χ3n) is 6.19. The SMILES string of the molecule is COC[C@H]1O[C@@H](n2cnc(N)nc2=O)C(F)C1OP(=O)(O)OCC1=C(OC)C[C@H](n2cnc3c(=O)[nH]c(N)nc32)O1. The van der Waals surface area contributed by atoms with Gasteiger partial charge in [0, 0.05) is 7.11 Å². The van der Waals surface area contributed by atoms with Gasteiger partial charge in [0.25, 0.3) is 5.56 Å². The molecule has 2 aliphatic heterocycles. The topological polar surface area (TPSA) is 256 Å². The molecule has 19 nitrogen and oxygen atoms in total. The zero-order chi connectivity index (χ0) is 29.5. The number of phosphoric acid groups is 1. The lowest BCUT2D eigenvalue weighted by atomic mass is 10.1. The lowest BCUT2D eigenvalue weighted by Gasteiger charge is -2.22. The fourth-order valence-corrected chi connectivity index (χ4v) is 5.26. The van der Waals surface area contributed by atoms with Crippen molar-refractivity contribution in [2.24, 2.45) is 0 Å². The molecule has 41 heavy (non-hydrogen) atoms. The number of nitrogens with two attached hydrogens (primary N) is 2. The highest BCUT2D eigenvalue weighted by molar-refractivity contribution is 7.47. The first-order valence-electron chi connectivity index (χ1n) is 11.8. The molecule has 6 atom stereocenters. The van der Waals surface area contributed by atoms with Gasteiger partial charge >= 0.3 is 13.5 Å². The molecule has 5 rings (SSSR count). The Balaban J connectivity index is 1.28. The molecule has 0 aliphatic carbocycles. The minimum atomic E-state index is -4.98. The van der Waals surface area contributed by atoms with Crippen molar-refractivity contribution >= 4 is 30.9 Å². The van der Waals surface area contributed by atoms with Crippen LogP contribution in [0.2, 0.25) is 0 Å². The fraction of sp³-hybridized carbons (Fsp3) is 0.500. The number of rotatable bonds is 10. The first kappa shape index (κ1) is 28.6. The van der Waals surface area contributed by atoms with Gasteiger partial charge in [-0.2, -0.15) is 9.97 Å². The molecule has 6 N–H and O–H groups in total. The van der Waals surface area contributed by atoms with Crippen LogP contribution >= 0.6 is 7.82 Å². The van der Waals surface area contributed by atoms with E-state index in [1.807, 2.05) is 0 Å². The number of nitrogen functional groups attached to an aromatic ring is 2. The van der Waals surface area contributed by atoms with Crippen molar-refractivity contribution in [3.8, 4) is 0 Å². The Labute approximate surface area is 228 Å². The second-order valence-electron chi connectivity index (χ2n) is 8.78. The zero-order valence-electron chi connectivity index (χ0n) is 21.4. The average Bonchev–Trinajstić information content (AvgIpc) is 3.60. The molecular formula is C20H25FN9O10P. The lowest BCUT2D eigenvalue weighted by Crippen LogP contribution is -2.35. The van der Waals surface area contributed by atoms with Crippen molar-refractivity contribution in [2.75, 3.05) is 38.9 Å². The number of H-pyrrole nitrogens is 1. The first-order chi connectivity index (χ1) is 19.5. The molecule has 0 saturated carbocycles. The van der Waals surface area contributed by atoms with Gasteiger partial charge in [0.2, 0.25) is 11.9 Å². The molecule has 0 radical (unpaired) electrons. The molecule has 1 saturated heterocycles. The van der Waals surface area contributed by atoms with Crippen molar-refractivity contribution < 1.29 is 41.8 Å². The van der Waals surface area contributed by atoms with Crippen LogP contribution < -0.4 is 22.7 Å². The summed E-state index contributed by atoms with van der Waals surface area (Å²) in [6, 6.07) is 0. The molecule has 21 heteroatoms. The van der Waals surface area contributed by atoms with Crippen LogP contribution in [0.25, 0.3) is 11.2 Å². The molecule has 0 amide bonds. The number of ether oxygens (including phenoxy) is 4. The summed E-state index contributed by atoms with van der Waals surface area (Å²) < 4.78 is 62.4. The summed E-state index contributed by atoms with van der Waals surface area (Å²) in [6.07, 6.45) is -5.10. The second-order valence-corrected chi connectivity index (χ2v) is 10.2. The van der Waals surface area contributed by atoms with E-state index in [-0.39, 0.29) is 47.6 Å². The zero-order valence-corrected chi connectivity index (χ0v) is 22.3. The number of nitrogens with zero attached hydrogens (tertiary/aromatic N) is 6. The molecule has 3 unspecified atom stereocenters. The van der Waals surface area contributed by atoms with Crippen molar-refractivity contribution in [3.05, 3.63) is 45.0 Å². The molecule has 0 bridgehead atoms. The monoisotopic (exact) mass is 601 g/mol. The number of alkyl halides is 1. The molecular weight excluding hydrogens is 576 g/mol. The number of anilines is 2. The minimum Gasteiger partial charge on any atom is -0.497 e. The van der Waals surface area contributed by atoms with E-state index in [0.29, 0.717) is 0 Å². The maximum atomic E-state index is 15.4. The van der Waals surface area contributed by atoms with Gasteiger partial charge in [-0.25, -0.2) is 23.7 Å². The Bertz CT molecular complexity index is 1640. The molecule has 2 aliphatic rings. The van der Waals surface area contributed by atoms with Gasteiger partial charge < -0.3 is 35.3 Å². The van der Waals surface area contributed by atoms with Crippen molar-refractivity contribution in [3.63, 3.8) is 0 Å². The highest BCUT2D eigenvalue weighted by atomic mass is 31.2. The number of hydrogen-bond acceptors (Lipinski definition) is 15. The van der Waals surface area contributed by atoms with Crippen molar-refractivity contribution in [1.82, 2.24) is 34.1 Å². The third-order valence-corrected chi connectivity index (χ3v) is 7.15. The minimum absolute atomic E-state index is 0.0198. The summed E-state index contributed by atoms with van der Waals surface area (Å²) in [6.45, 7) is -0.874. The summed E-state index contributed by atoms with van der Waals surface area (Å²) in [5, 5.41) is 0. The van der Waals surface area contributed by atoms with Crippen LogP contribution in [-0.2, 0) is 32.6 Å². The van der Waals surface area contributed by atoms with Crippen LogP contribution in [0.1, 0.15) is 18.9 Å². The lowest BCUT2D eigenvalue weighted by molar-refractivity contribution is -0.0577. The summed E-state index contributed by atoms with van der Waals surface area (Å²) in [5.74, 6) is -0.187. The summed E-state index contributed by atoms with van der Waals surface area (Å²) in [5.41, 5.74) is 9.68. The van der Waals surface area contributed by atoms with Crippen LogP contribution in [0.4, 0.5) is 16.3 Å². The Morgan fingerprint density at radius 2 is 1.98 bits per heavy atom. The van der Waals surface area contributed by atoms with Gasteiger partial charge in [0.15, 0.2) is 35.6 Å². The predicted molar refractivity (Wildman–Crippen MR) is 133 cm³/mol. The molecule has 222 valence electrons. The number of methoxy groups -OCH3 is 2. The number of aromatic amines is 1. The number of imidazole rings is 1. The van der Waals surface area contributed by atoms with E-state index in [9.17, 15) is 19.0 Å².